The van der Waals surface area contributed by atoms with E-state index >= 15 is 0 Å². The lowest BCUT2D eigenvalue weighted by Gasteiger charge is -2.39. The third kappa shape index (κ3) is 4.99. The van der Waals surface area contributed by atoms with Crippen LogP contribution in [0.3, 0.4) is 0 Å². The minimum absolute atomic E-state index is 0.0332. The lowest BCUT2D eigenvalue weighted by molar-refractivity contribution is -0.138. The fourth-order valence-corrected chi connectivity index (χ4v) is 2.62. The molecular weight excluding hydrogens is 373 g/mol. The van der Waals surface area contributed by atoms with Crippen molar-refractivity contribution in [2.45, 2.75) is 32.2 Å². The minimum atomic E-state index is -0.902. The molecule has 6 heteroatoms. The molecule has 0 aliphatic heterocycles. The van der Waals surface area contributed by atoms with Crippen LogP contribution < -0.4 is 4.90 Å². The molecule has 0 amide bonds. The number of hydrogen-bond donors (Lipinski definition) is 2. The van der Waals surface area contributed by atoms with E-state index in [1.165, 1.54) is 0 Å². The van der Waals surface area contributed by atoms with Gasteiger partial charge in [0.05, 0.1) is 12.8 Å². The molecule has 0 atom stereocenters. The highest BCUT2D eigenvalue weighted by Crippen LogP contribution is 2.28. The third-order valence-corrected chi connectivity index (χ3v) is 3.65. The smallest absolute Gasteiger partial charge is 0.305 e. The summed E-state index contributed by atoms with van der Waals surface area (Å²) in [6.45, 7) is 3.89. The van der Waals surface area contributed by atoms with Gasteiger partial charge in [-0.1, -0.05) is 6.07 Å². The molecule has 1 aromatic rings. The van der Waals surface area contributed by atoms with E-state index in [-0.39, 0.29) is 19.4 Å². The van der Waals surface area contributed by atoms with E-state index in [2.05, 4.69) is 22.6 Å². The second-order valence-corrected chi connectivity index (χ2v) is 6.40. The molecule has 0 aliphatic rings. The van der Waals surface area contributed by atoms with Gasteiger partial charge in [0.2, 0.25) is 0 Å². The van der Waals surface area contributed by atoms with Crippen molar-refractivity contribution in [3.05, 3.63) is 27.8 Å². The fourth-order valence-electron chi connectivity index (χ4n) is 2.10. The number of carbonyl (C=O) groups is 2. The van der Waals surface area contributed by atoms with Crippen LogP contribution in [-0.4, -0.2) is 34.2 Å². The summed E-state index contributed by atoms with van der Waals surface area (Å²) in [5.74, 6) is -1.80. The molecule has 0 aliphatic carbocycles. The Morgan fingerprint density at radius 1 is 1.25 bits per heavy atom. The first-order chi connectivity index (χ1) is 9.22. The summed E-state index contributed by atoms with van der Waals surface area (Å²) in [6.07, 6.45) is -0.0907. The van der Waals surface area contributed by atoms with Gasteiger partial charge in [-0.05, 0) is 54.6 Å². The number of halogens is 1. The second-order valence-electron chi connectivity index (χ2n) is 5.16. The third-order valence-electron chi connectivity index (χ3n) is 2.98. The molecule has 0 saturated carbocycles. The van der Waals surface area contributed by atoms with Crippen molar-refractivity contribution >= 4 is 40.2 Å². The van der Waals surface area contributed by atoms with Crippen molar-refractivity contribution in [1.29, 1.82) is 0 Å². The molecule has 20 heavy (non-hydrogen) atoms. The average molecular weight is 391 g/mol. The van der Waals surface area contributed by atoms with Gasteiger partial charge < -0.3 is 15.1 Å². The van der Waals surface area contributed by atoms with Gasteiger partial charge >= 0.3 is 11.9 Å². The number of hydrogen-bond acceptors (Lipinski definition) is 3. The number of anilines is 1. The summed E-state index contributed by atoms with van der Waals surface area (Å²) in [6, 6.07) is 7.60. The summed E-state index contributed by atoms with van der Waals surface area (Å²) < 4.78 is 1.02. The number of benzene rings is 1. The van der Waals surface area contributed by atoms with Gasteiger partial charge in [0, 0.05) is 21.3 Å². The van der Waals surface area contributed by atoms with Crippen LogP contribution in [0.4, 0.5) is 5.69 Å². The molecule has 0 saturated heterocycles. The van der Waals surface area contributed by atoms with Crippen molar-refractivity contribution < 1.29 is 19.8 Å². The zero-order valence-electron chi connectivity index (χ0n) is 11.5. The molecule has 1 aromatic carbocycles. The van der Waals surface area contributed by atoms with Gasteiger partial charge in [-0.2, -0.15) is 0 Å². The number of aliphatic carboxylic acids is 2. The van der Waals surface area contributed by atoms with E-state index in [0.717, 1.165) is 9.26 Å². The summed E-state index contributed by atoms with van der Waals surface area (Å²) in [4.78, 5) is 23.7. The maximum atomic E-state index is 11.0. The van der Waals surface area contributed by atoms with Crippen LogP contribution in [0.1, 0.15) is 26.7 Å². The Bertz CT molecular complexity index is 502. The van der Waals surface area contributed by atoms with Crippen molar-refractivity contribution in [3.8, 4) is 0 Å². The number of rotatable bonds is 7. The van der Waals surface area contributed by atoms with E-state index in [1.807, 2.05) is 43.0 Å². The Hall–Kier alpha value is -1.31. The molecule has 1 rings (SSSR count). The molecule has 0 radical (unpaired) electrons. The Balaban J connectivity index is 3.07. The van der Waals surface area contributed by atoms with E-state index in [9.17, 15) is 9.59 Å². The Morgan fingerprint density at radius 2 is 1.90 bits per heavy atom. The summed E-state index contributed by atoms with van der Waals surface area (Å²) in [5, 5.41) is 17.9. The molecule has 5 nitrogen and oxygen atoms in total. The molecule has 0 bridgehead atoms. The Morgan fingerprint density at radius 3 is 2.40 bits per heavy atom. The van der Waals surface area contributed by atoms with Crippen LogP contribution in [0.5, 0.6) is 0 Å². The Labute approximate surface area is 131 Å². The molecule has 0 aromatic heterocycles. The first-order valence-corrected chi connectivity index (χ1v) is 7.27. The van der Waals surface area contributed by atoms with Gasteiger partial charge in [0.15, 0.2) is 0 Å². The standard InChI is InChI=1S/C14H18INO4/c1-14(2,9-13(19)20)16(7-6-12(17)18)11-5-3-4-10(15)8-11/h3-5,8H,6-7,9H2,1-2H3,(H,17,18)(H,19,20). The van der Waals surface area contributed by atoms with Gasteiger partial charge in [-0.3, -0.25) is 9.59 Å². The number of carboxylic acids is 2. The highest BCUT2D eigenvalue weighted by Gasteiger charge is 2.30. The van der Waals surface area contributed by atoms with E-state index in [1.54, 1.807) is 0 Å². The lowest BCUT2D eigenvalue weighted by atomic mass is 9.96. The largest absolute Gasteiger partial charge is 0.481 e. The zero-order valence-corrected chi connectivity index (χ0v) is 13.6. The predicted molar refractivity (Wildman–Crippen MR) is 85.1 cm³/mol. The first-order valence-electron chi connectivity index (χ1n) is 6.19. The topological polar surface area (TPSA) is 77.8 Å². The monoisotopic (exact) mass is 391 g/mol. The van der Waals surface area contributed by atoms with Crippen molar-refractivity contribution in [1.82, 2.24) is 0 Å². The van der Waals surface area contributed by atoms with E-state index < -0.39 is 17.5 Å². The molecule has 110 valence electrons. The predicted octanol–water partition coefficient (Wildman–Crippen LogP) is 2.83. The summed E-state index contributed by atoms with van der Waals surface area (Å²) >= 11 is 2.17. The Kier molecular flexibility index (Phi) is 5.79. The fraction of sp³-hybridized carbons (Fsp3) is 0.429. The van der Waals surface area contributed by atoms with E-state index in [0.29, 0.717) is 0 Å². The summed E-state index contributed by atoms with van der Waals surface area (Å²) in [7, 11) is 0. The van der Waals surface area contributed by atoms with Gasteiger partial charge in [-0.25, -0.2) is 0 Å². The highest BCUT2D eigenvalue weighted by molar-refractivity contribution is 14.1. The second kappa shape index (κ2) is 6.92. The maximum absolute atomic E-state index is 11.0. The molecule has 0 spiro atoms. The van der Waals surface area contributed by atoms with Crippen LogP contribution in [0, 0.1) is 3.57 Å². The van der Waals surface area contributed by atoms with Gasteiger partial charge in [-0.15, -0.1) is 0 Å². The average Bonchev–Trinajstić information content (AvgIpc) is 2.26. The number of nitrogens with zero attached hydrogens (tertiary/aromatic N) is 1. The van der Waals surface area contributed by atoms with E-state index in [4.69, 9.17) is 10.2 Å². The van der Waals surface area contributed by atoms with Crippen LogP contribution in [-0.2, 0) is 9.59 Å². The molecule has 2 N–H and O–H groups in total. The molecular formula is C14H18INO4. The maximum Gasteiger partial charge on any atom is 0.305 e. The zero-order chi connectivity index (χ0) is 15.3. The van der Waals surface area contributed by atoms with Crippen LogP contribution in [0.15, 0.2) is 24.3 Å². The van der Waals surface area contributed by atoms with Crippen molar-refractivity contribution in [2.75, 3.05) is 11.4 Å². The SMILES string of the molecule is CC(C)(CC(=O)O)N(CCC(=O)O)c1cccc(I)c1. The first kappa shape index (κ1) is 16.7. The molecule has 0 unspecified atom stereocenters. The highest BCUT2D eigenvalue weighted by atomic mass is 127. The van der Waals surface area contributed by atoms with Gasteiger partial charge in [0.1, 0.15) is 0 Å². The quantitative estimate of drug-likeness (QED) is 0.699. The van der Waals surface area contributed by atoms with Crippen LogP contribution >= 0.6 is 22.6 Å². The minimum Gasteiger partial charge on any atom is -0.481 e. The van der Waals surface area contributed by atoms with Crippen LogP contribution in [0.25, 0.3) is 0 Å². The summed E-state index contributed by atoms with van der Waals surface area (Å²) in [5.41, 5.74) is 0.176. The van der Waals surface area contributed by atoms with Crippen molar-refractivity contribution in [2.24, 2.45) is 0 Å². The number of carboxylic acid groups (broad SMARTS) is 2. The van der Waals surface area contributed by atoms with Gasteiger partial charge in [0.25, 0.3) is 0 Å². The normalized spacial score (nSPS) is 11.2. The molecule has 0 heterocycles. The lowest BCUT2D eigenvalue weighted by Crippen LogP contribution is -2.46. The molecule has 0 fully saturated rings. The van der Waals surface area contributed by atoms with Crippen molar-refractivity contribution in [3.63, 3.8) is 0 Å². The van der Waals surface area contributed by atoms with Crippen LogP contribution in [0.2, 0.25) is 0 Å².